The Morgan fingerprint density at radius 2 is 1.94 bits per heavy atom. The summed E-state index contributed by atoms with van der Waals surface area (Å²) in [7, 11) is 0. The van der Waals surface area contributed by atoms with Crippen molar-refractivity contribution in [1.82, 2.24) is 4.90 Å². The summed E-state index contributed by atoms with van der Waals surface area (Å²) in [4.78, 5) is 14.5. The van der Waals surface area contributed by atoms with Crippen LogP contribution < -0.4 is 5.73 Å². The molecule has 0 atom stereocenters. The van der Waals surface area contributed by atoms with Gasteiger partial charge in [0.05, 0.1) is 0 Å². The lowest BCUT2D eigenvalue weighted by Crippen LogP contribution is -2.55. The number of ether oxygens (including phenoxy) is 1. The number of carbonyl (C=O) groups excluding carboxylic acids is 1. The number of hydrogen-bond acceptors (Lipinski definition) is 5. The highest BCUT2D eigenvalue weighted by molar-refractivity contribution is 7.99. The van der Waals surface area contributed by atoms with E-state index < -0.39 is 5.41 Å². The van der Waals surface area contributed by atoms with E-state index in [9.17, 15) is 4.79 Å². The molecule has 3 N–H and O–H groups in total. The molecule has 0 spiro atoms. The van der Waals surface area contributed by atoms with Crippen molar-refractivity contribution in [1.29, 1.82) is 0 Å². The van der Waals surface area contributed by atoms with Gasteiger partial charge in [0.25, 0.3) is 0 Å². The molecule has 2 rings (SSSR count). The standard InChI is InChI=1S/C11H19N3O3S/c12-9(13-16)11(1-5-17-6-2-11)10(15)14-3-7-18-8-4-14/h16H,1-8H2,(H2,12,13). The zero-order valence-electron chi connectivity index (χ0n) is 10.3. The van der Waals surface area contributed by atoms with Crippen LogP contribution in [0.3, 0.4) is 0 Å². The quantitative estimate of drug-likeness (QED) is 0.322. The molecular weight excluding hydrogens is 254 g/mol. The summed E-state index contributed by atoms with van der Waals surface area (Å²) in [6.45, 7) is 2.44. The van der Waals surface area contributed by atoms with E-state index >= 15 is 0 Å². The largest absolute Gasteiger partial charge is 0.409 e. The van der Waals surface area contributed by atoms with Crippen LogP contribution in [0.1, 0.15) is 12.8 Å². The van der Waals surface area contributed by atoms with E-state index in [1.165, 1.54) is 0 Å². The molecule has 2 saturated heterocycles. The smallest absolute Gasteiger partial charge is 0.236 e. The Kier molecular flexibility index (Phi) is 4.34. The first kappa shape index (κ1) is 13.5. The van der Waals surface area contributed by atoms with E-state index in [0.717, 1.165) is 24.6 Å². The number of amidine groups is 1. The molecule has 2 heterocycles. The van der Waals surface area contributed by atoms with Gasteiger partial charge in [0, 0.05) is 37.8 Å². The molecule has 18 heavy (non-hydrogen) atoms. The molecule has 0 radical (unpaired) electrons. The van der Waals surface area contributed by atoms with Crippen LogP contribution in [-0.2, 0) is 9.53 Å². The van der Waals surface area contributed by atoms with Gasteiger partial charge in [-0.15, -0.1) is 0 Å². The summed E-state index contributed by atoms with van der Waals surface area (Å²) in [6.07, 6.45) is 0.983. The lowest BCUT2D eigenvalue weighted by atomic mass is 9.77. The molecule has 2 fully saturated rings. The van der Waals surface area contributed by atoms with Gasteiger partial charge in [-0.25, -0.2) is 0 Å². The predicted molar refractivity (Wildman–Crippen MR) is 69.8 cm³/mol. The normalized spacial score (nSPS) is 24.9. The average molecular weight is 273 g/mol. The van der Waals surface area contributed by atoms with Crippen LogP contribution in [0.4, 0.5) is 0 Å². The number of carbonyl (C=O) groups is 1. The fourth-order valence-electron chi connectivity index (χ4n) is 2.46. The van der Waals surface area contributed by atoms with Gasteiger partial charge in [-0.2, -0.15) is 11.8 Å². The highest BCUT2D eigenvalue weighted by Crippen LogP contribution is 2.33. The fourth-order valence-corrected chi connectivity index (χ4v) is 3.37. The first-order valence-electron chi connectivity index (χ1n) is 6.13. The number of rotatable bonds is 2. The van der Waals surface area contributed by atoms with Crippen LogP contribution in [-0.4, -0.2) is 59.7 Å². The van der Waals surface area contributed by atoms with Crippen LogP contribution in [0.2, 0.25) is 0 Å². The molecule has 7 heteroatoms. The molecule has 0 unspecified atom stereocenters. The summed E-state index contributed by atoms with van der Waals surface area (Å²) in [5, 5.41) is 12.0. The van der Waals surface area contributed by atoms with E-state index in [0.29, 0.717) is 26.1 Å². The molecule has 6 nitrogen and oxygen atoms in total. The number of amides is 1. The third kappa shape index (κ3) is 2.42. The maximum Gasteiger partial charge on any atom is 0.236 e. The topological polar surface area (TPSA) is 88.2 Å². The van der Waals surface area contributed by atoms with Gasteiger partial charge in [0.1, 0.15) is 5.41 Å². The van der Waals surface area contributed by atoms with Gasteiger partial charge in [0.2, 0.25) is 5.91 Å². The Labute approximate surface area is 111 Å². The van der Waals surface area contributed by atoms with Crippen LogP contribution in [0.15, 0.2) is 5.16 Å². The van der Waals surface area contributed by atoms with E-state index in [4.69, 9.17) is 15.7 Å². The molecule has 102 valence electrons. The highest BCUT2D eigenvalue weighted by atomic mass is 32.2. The van der Waals surface area contributed by atoms with Gasteiger partial charge in [-0.05, 0) is 12.8 Å². The monoisotopic (exact) mass is 273 g/mol. The molecule has 1 amide bonds. The number of nitrogens with zero attached hydrogens (tertiary/aromatic N) is 2. The van der Waals surface area contributed by atoms with Gasteiger partial charge >= 0.3 is 0 Å². The minimum atomic E-state index is -0.866. The van der Waals surface area contributed by atoms with E-state index in [1.807, 2.05) is 16.7 Å². The van der Waals surface area contributed by atoms with Crippen molar-refractivity contribution < 1.29 is 14.7 Å². The second kappa shape index (κ2) is 5.79. The molecular formula is C11H19N3O3S. The summed E-state index contributed by atoms with van der Waals surface area (Å²) in [6, 6.07) is 0. The van der Waals surface area contributed by atoms with Crippen LogP contribution >= 0.6 is 11.8 Å². The molecule has 0 aromatic heterocycles. The van der Waals surface area contributed by atoms with Crippen molar-refractivity contribution in [3.8, 4) is 0 Å². The Hall–Kier alpha value is -0.950. The Bertz CT molecular complexity index is 336. The highest BCUT2D eigenvalue weighted by Gasteiger charge is 2.46. The maximum absolute atomic E-state index is 12.7. The van der Waals surface area contributed by atoms with Crippen molar-refractivity contribution in [3.05, 3.63) is 0 Å². The van der Waals surface area contributed by atoms with Crippen LogP contribution in [0.5, 0.6) is 0 Å². The minimum Gasteiger partial charge on any atom is -0.409 e. The summed E-state index contributed by atoms with van der Waals surface area (Å²) < 4.78 is 5.29. The summed E-state index contributed by atoms with van der Waals surface area (Å²) in [5.41, 5.74) is 4.92. The number of oxime groups is 1. The van der Waals surface area contributed by atoms with E-state index in [1.54, 1.807) is 0 Å². The zero-order chi connectivity index (χ0) is 13.0. The maximum atomic E-state index is 12.7. The van der Waals surface area contributed by atoms with Gasteiger partial charge in [-0.3, -0.25) is 4.79 Å². The summed E-state index contributed by atoms with van der Waals surface area (Å²) >= 11 is 1.85. The molecule has 0 saturated carbocycles. The van der Waals surface area contributed by atoms with Crippen molar-refractivity contribution in [3.63, 3.8) is 0 Å². The Morgan fingerprint density at radius 1 is 1.33 bits per heavy atom. The SMILES string of the molecule is NC(=NO)C1(C(=O)N2CCSCC2)CCOCC1. The Morgan fingerprint density at radius 3 is 2.50 bits per heavy atom. The average Bonchev–Trinajstić information content (AvgIpc) is 2.47. The number of thioether (sulfide) groups is 1. The molecule has 2 aliphatic rings. The second-order valence-corrected chi connectivity index (χ2v) is 5.81. The molecule has 2 aliphatic heterocycles. The van der Waals surface area contributed by atoms with Crippen molar-refractivity contribution >= 4 is 23.5 Å². The minimum absolute atomic E-state index is 0.0126. The lowest BCUT2D eigenvalue weighted by molar-refractivity contribution is -0.142. The summed E-state index contributed by atoms with van der Waals surface area (Å²) in [5.74, 6) is 1.92. The van der Waals surface area contributed by atoms with E-state index in [-0.39, 0.29) is 11.7 Å². The van der Waals surface area contributed by atoms with E-state index in [2.05, 4.69) is 5.16 Å². The van der Waals surface area contributed by atoms with Crippen LogP contribution in [0, 0.1) is 5.41 Å². The number of nitrogens with two attached hydrogens (primary N) is 1. The first-order valence-corrected chi connectivity index (χ1v) is 7.29. The second-order valence-electron chi connectivity index (χ2n) is 4.58. The molecule has 0 aliphatic carbocycles. The third-order valence-electron chi connectivity index (χ3n) is 3.65. The zero-order valence-corrected chi connectivity index (χ0v) is 11.1. The van der Waals surface area contributed by atoms with Gasteiger partial charge < -0.3 is 20.6 Å². The molecule has 0 aromatic rings. The third-order valence-corrected chi connectivity index (χ3v) is 4.59. The molecule has 0 aromatic carbocycles. The van der Waals surface area contributed by atoms with Crippen LogP contribution in [0.25, 0.3) is 0 Å². The fraction of sp³-hybridized carbons (Fsp3) is 0.818. The predicted octanol–water partition coefficient (Wildman–Crippen LogP) is 0.105. The Balaban J connectivity index is 2.19. The van der Waals surface area contributed by atoms with Crippen molar-refractivity contribution in [2.75, 3.05) is 37.8 Å². The molecule has 0 bridgehead atoms. The van der Waals surface area contributed by atoms with Gasteiger partial charge in [-0.1, -0.05) is 5.16 Å². The van der Waals surface area contributed by atoms with Crippen molar-refractivity contribution in [2.45, 2.75) is 12.8 Å². The number of hydrogen-bond donors (Lipinski definition) is 2. The lowest BCUT2D eigenvalue weighted by Gasteiger charge is -2.39. The first-order chi connectivity index (χ1) is 8.70. The van der Waals surface area contributed by atoms with Gasteiger partial charge in [0.15, 0.2) is 5.84 Å². The van der Waals surface area contributed by atoms with Crippen molar-refractivity contribution in [2.24, 2.45) is 16.3 Å².